The average Bonchev–Trinajstić information content (AvgIpc) is 2.73. The van der Waals surface area contributed by atoms with Crippen LogP contribution in [0.4, 0.5) is 4.79 Å². The minimum atomic E-state index is -0.724. The number of carbonyl (C=O) groups excluding carboxylic acids is 3. The quantitative estimate of drug-likeness (QED) is 0.743. The summed E-state index contributed by atoms with van der Waals surface area (Å²) in [5.41, 5.74) is 1.18. The number of amides is 2. The van der Waals surface area contributed by atoms with E-state index in [2.05, 4.69) is 15.6 Å². The molecule has 0 spiro atoms. The molecule has 2 aromatic rings. The van der Waals surface area contributed by atoms with Gasteiger partial charge in [-0.3, -0.25) is 0 Å². The Morgan fingerprint density at radius 3 is 2.46 bits per heavy atom. The van der Waals surface area contributed by atoms with Gasteiger partial charge in [0.1, 0.15) is 12.3 Å². The lowest BCUT2D eigenvalue weighted by atomic mass is 9.95. The molecule has 1 aliphatic rings. The van der Waals surface area contributed by atoms with Crippen LogP contribution in [0.2, 0.25) is 0 Å². The Labute approximate surface area is 161 Å². The third-order valence-electron chi connectivity index (χ3n) is 4.00. The lowest BCUT2D eigenvalue weighted by Gasteiger charge is -2.29. The zero-order valence-corrected chi connectivity index (χ0v) is 15.2. The number of rotatable bonds is 6. The van der Waals surface area contributed by atoms with Crippen molar-refractivity contribution in [1.82, 2.24) is 15.6 Å². The first-order chi connectivity index (χ1) is 13.6. The van der Waals surface area contributed by atoms with Crippen LogP contribution in [-0.2, 0) is 14.3 Å². The molecule has 1 aromatic carbocycles. The summed E-state index contributed by atoms with van der Waals surface area (Å²) in [5, 5.41) is 5.25. The van der Waals surface area contributed by atoms with Crippen LogP contribution in [0, 0.1) is 0 Å². The molecule has 1 aromatic heterocycles. The van der Waals surface area contributed by atoms with E-state index in [0.29, 0.717) is 5.56 Å². The molecular formula is C20H19N3O5. The maximum Gasteiger partial charge on any atom is 0.357 e. The maximum absolute atomic E-state index is 12.6. The minimum Gasteiger partial charge on any atom is -0.463 e. The van der Waals surface area contributed by atoms with Gasteiger partial charge in [0, 0.05) is 6.20 Å². The summed E-state index contributed by atoms with van der Waals surface area (Å²) >= 11 is 0. The fourth-order valence-electron chi connectivity index (χ4n) is 2.77. The van der Waals surface area contributed by atoms with Crippen LogP contribution in [0.5, 0.6) is 0 Å². The van der Waals surface area contributed by atoms with Crippen LogP contribution in [0.1, 0.15) is 29.0 Å². The number of esters is 2. The van der Waals surface area contributed by atoms with Crippen LogP contribution in [0.25, 0.3) is 0 Å². The third kappa shape index (κ3) is 4.35. The van der Waals surface area contributed by atoms with Gasteiger partial charge in [0.15, 0.2) is 0 Å². The highest BCUT2D eigenvalue weighted by Crippen LogP contribution is 2.27. The SMILES string of the molecule is CCOC(=O)C1=C(COC(=O)c2ccccn2)NC(=O)N[C@H]1c1ccccc1. The summed E-state index contributed by atoms with van der Waals surface area (Å²) in [7, 11) is 0. The molecule has 0 saturated carbocycles. The number of nitrogens with one attached hydrogen (secondary N) is 2. The van der Waals surface area contributed by atoms with Gasteiger partial charge in [0.2, 0.25) is 0 Å². The Morgan fingerprint density at radius 1 is 1.04 bits per heavy atom. The summed E-state index contributed by atoms with van der Waals surface area (Å²) in [6.45, 7) is 1.55. The first kappa shape index (κ1) is 19.1. The van der Waals surface area contributed by atoms with E-state index >= 15 is 0 Å². The molecular weight excluding hydrogens is 362 g/mol. The monoisotopic (exact) mass is 381 g/mol. The molecule has 3 rings (SSSR count). The van der Waals surface area contributed by atoms with E-state index in [-0.39, 0.29) is 30.2 Å². The van der Waals surface area contributed by atoms with E-state index in [0.717, 1.165) is 0 Å². The van der Waals surface area contributed by atoms with E-state index in [9.17, 15) is 14.4 Å². The van der Waals surface area contributed by atoms with Gasteiger partial charge in [0.25, 0.3) is 0 Å². The predicted molar refractivity (Wildman–Crippen MR) is 99.0 cm³/mol. The third-order valence-corrected chi connectivity index (χ3v) is 4.00. The highest BCUT2D eigenvalue weighted by molar-refractivity contribution is 5.95. The number of urea groups is 1. The lowest BCUT2D eigenvalue weighted by Crippen LogP contribution is -2.47. The number of nitrogens with zero attached hydrogens (tertiary/aromatic N) is 1. The van der Waals surface area contributed by atoms with Crippen molar-refractivity contribution < 1.29 is 23.9 Å². The summed E-state index contributed by atoms with van der Waals surface area (Å²) in [5.74, 6) is -1.27. The van der Waals surface area contributed by atoms with Gasteiger partial charge in [-0.2, -0.15) is 0 Å². The van der Waals surface area contributed by atoms with Gasteiger partial charge < -0.3 is 20.1 Å². The van der Waals surface area contributed by atoms with Crippen molar-refractivity contribution in [2.75, 3.05) is 13.2 Å². The number of pyridine rings is 1. The largest absolute Gasteiger partial charge is 0.463 e. The van der Waals surface area contributed by atoms with Crippen molar-refractivity contribution in [2.45, 2.75) is 13.0 Å². The second-order valence-electron chi connectivity index (χ2n) is 5.85. The first-order valence-corrected chi connectivity index (χ1v) is 8.71. The normalized spacial score (nSPS) is 16.0. The molecule has 0 fully saturated rings. The van der Waals surface area contributed by atoms with Crippen LogP contribution in [0.3, 0.4) is 0 Å². The van der Waals surface area contributed by atoms with Crippen molar-refractivity contribution in [2.24, 2.45) is 0 Å². The number of ether oxygens (including phenoxy) is 2. The Kier molecular flexibility index (Phi) is 6.01. The highest BCUT2D eigenvalue weighted by atomic mass is 16.5. The second kappa shape index (κ2) is 8.81. The topological polar surface area (TPSA) is 107 Å². The summed E-state index contributed by atoms with van der Waals surface area (Å²) in [6, 6.07) is 12.6. The molecule has 1 aliphatic heterocycles. The predicted octanol–water partition coefficient (Wildman–Crippen LogP) is 2.11. The van der Waals surface area contributed by atoms with Crippen molar-refractivity contribution in [1.29, 1.82) is 0 Å². The molecule has 0 radical (unpaired) electrons. The molecule has 0 unspecified atom stereocenters. The van der Waals surface area contributed by atoms with E-state index < -0.39 is 24.0 Å². The number of hydrogen-bond donors (Lipinski definition) is 2. The highest BCUT2D eigenvalue weighted by Gasteiger charge is 2.34. The van der Waals surface area contributed by atoms with E-state index in [4.69, 9.17) is 9.47 Å². The number of aromatic nitrogens is 1. The molecule has 144 valence electrons. The molecule has 0 saturated heterocycles. The average molecular weight is 381 g/mol. The summed E-state index contributed by atoms with van der Waals surface area (Å²) in [6.07, 6.45) is 1.47. The van der Waals surface area contributed by atoms with Gasteiger partial charge in [-0.1, -0.05) is 36.4 Å². The van der Waals surface area contributed by atoms with Crippen molar-refractivity contribution in [3.05, 3.63) is 77.3 Å². The number of hydrogen-bond acceptors (Lipinski definition) is 6. The van der Waals surface area contributed by atoms with Crippen molar-refractivity contribution in [3.8, 4) is 0 Å². The number of carbonyl (C=O) groups is 3. The lowest BCUT2D eigenvalue weighted by molar-refractivity contribution is -0.139. The van der Waals surface area contributed by atoms with E-state index in [1.165, 1.54) is 12.3 Å². The number of benzene rings is 1. The molecule has 1 atom stereocenters. The van der Waals surface area contributed by atoms with Gasteiger partial charge in [-0.05, 0) is 24.6 Å². The molecule has 2 heterocycles. The van der Waals surface area contributed by atoms with Gasteiger partial charge in [0.05, 0.1) is 23.9 Å². The Balaban J connectivity index is 1.91. The van der Waals surface area contributed by atoms with Crippen LogP contribution < -0.4 is 10.6 Å². The zero-order valence-electron chi connectivity index (χ0n) is 15.2. The molecule has 0 aliphatic carbocycles. The van der Waals surface area contributed by atoms with Gasteiger partial charge >= 0.3 is 18.0 Å². The van der Waals surface area contributed by atoms with Gasteiger partial charge in [-0.25, -0.2) is 19.4 Å². The van der Waals surface area contributed by atoms with Crippen molar-refractivity contribution >= 4 is 18.0 Å². The zero-order chi connectivity index (χ0) is 19.9. The Morgan fingerprint density at radius 2 is 1.79 bits per heavy atom. The van der Waals surface area contributed by atoms with Crippen LogP contribution >= 0.6 is 0 Å². The second-order valence-corrected chi connectivity index (χ2v) is 5.85. The van der Waals surface area contributed by atoms with Gasteiger partial charge in [-0.15, -0.1) is 0 Å². The van der Waals surface area contributed by atoms with E-state index in [1.54, 1.807) is 43.3 Å². The van der Waals surface area contributed by atoms with E-state index in [1.807, 2.05) is 6.07 Å². The fraction of sp³-hybridized carbons (Fsp3) is 0.200. The molecule has 28 heavy (non-hydrogen) atoms. The molecule has 0 bridgehead atoms. The maximum atomic E-state index is 12.6. The fourth-order valence-corrected chi connectivity index (χ4v) is 2.77. The summed E-state index contributed by atoms with van der Waals surface area (Å²) < 4.78 is 10.4. The molecule has 8 heteroatoms. The molecule has 2 amide bonds. The Bertz CT molecular complexity index is 897. The van der Waals surface area contributed by atoms with Crippen LogP contribution in [0.15, 0.2) is 66.0 Å². The summed E-state index contributed by atoms with van der Waals surface area (Å²) in [4.78, 5) is 40.8. The molecule has 8 nitrogen and oxygen atoms in total. The standard InChI is InChI=1S/C20H19N3O5/c1-2-27-19(25)16-15(12-28-18(24)14-10-6-7-11-21-14)22-20(26)23-17(16)13-8-4-3-5-9-13/h3-11,17H,2,12H2,1H3,(H2,22,23,26)/t17-/m0/s1. The minimum absolute atomic E-state index is 0.126. The van der Waals surface area contributed by atoms with Crippen LogP contribution in [-0.4, -0.2) is 36.2 Å². The molecule has 2 N–H and O–H groups in total. The van der Waals surface area contributed by atoms with Crippen molar-refractivity contribution in [3.63, 3.8) is 0 Å². The smallest absolute Gasteiger partial charge is 0.357 e. The Hall–Kier alpha value is -3.68. The first-order valence-electron chi connectivity index (χ1n) is 8.71.